The van der Waals surface area contributed by atoms with Crippen LogP contribution in [0.15, 0.2) is 0 Å². The van der Waals surface area contributed by atoms with Crippen molar-refractivity contribution in [2.75, 3.05) is 13.2 Å². The molecule has 0 unspecified atom stereocenters. The van der Waals surface area contributed by atoms with Gasteiger partial charge in [-0.15, -0.1) is 0 Å². The zero-order valence-corrected chi connectivity index (χ0v) is 16.8. The number of hydrogen-bond acceptors (Lipinski definition) is 6. The van der Waals surface area contributed by atoms with Gasteiger partial charge in [0, 0.05) is 19.3 Å². The number of carboxylic acid groups (broad SMARTS) is 1. The molecule has 0 atom stereocenters. The molecule has 6 nitrogen and oxygen atoms in total. The van der Waals surface area contributed by atoms with Crippen LogP contribution >= 0.6 is 0 Å². The van der Waals surface area contributed by atoms with E-state index in [0.29, 0.717) is 26.1 Å². The number of rotatable bonds is 18. The molecule has 0 saturated carbocycles. The Morgan fingerprint density at radius 3 is 1.69 bits per heavy atom. The second-order valence-corrected chi connectivity index (χ2v) is 6.73. The average Bonchev–Trinajstić information content (AvgIpc) is 2.57. The summed E-state index contributed by atoms with van der Waals surface area (Å²) in [5.74, 6) is -2.60. The molecule has 0 aromatic carbocycles. The summed E-state index contributed by atoms with van der Waals surface area (Å²) < 4.78 is 16.8. The minimum Gasteiger partial charge on any atom is -0.550 e. The maximum absolute atomic E-state index is 12.1. The Morgan fingerprint density at radius 2 is 1.23 bits per heavy atom. The van der Waals surface area contributed by atoms with Gasteiger partial charge in [-0.05, 0) is 32.1 Å². The summed E-state index contributed by atoms with van der Waals surface area (Å²) in [6.45, 7) is 6.80. The van der Waals surface area contributed by atoms with Crippen molar-refractivity contribution in [3.05, 3.63) is 0 Å². The first-order valence-corrected chi connectivity index (χ1v) is 10.1. The Hall–Kier alpha value is -1.14. The predicted octanol–water partition coefficient (Wildman–Crippen LogP) is 3.71. The van der Waals surface area contributed by atoms with Crippen LogP contribution in [0.3, 0.4) is 0 Å². The zero-order valence-electron chi connectivity index (χ0n) is 16.8. The lowest BCUT2D eigenvalue weighted by atomic mass is 10.1. The summed E-state index contributed by atoms with van der Waals surface area (Å²) in [5.41, 5.74) is 0. The van der Waals surface area contributed by atoms with Gasteiger partial charge < -0.3 is 24.1 Å². The number of carbonyl (C=O) groups is 2. The van der Waals surface area contributed by atoms with Crippen molar-refractivity contribution in [2.24, 2.45) is 0 Å². The molecule has 6 heteroatoms. The van der Waals surface area contributed by atoms with Gasteiger partial charge in [0.05, 0.1) is 13.2 Å². The third-order valence-corrected chi connectivity index (χ3v) is 4.04. The van der Waals surface area contributed by atoms with Crippen molar-refractivity contribution in [2.45, 2.75) is 104 Å². The van der Waals surface area contributed by atoms with Crippen molar-refractivity contribution in [1.82, 2.24) is 0 Å². The Bertz CT molecular complexity index is 359. The van der Waals surface area contributed by atoms with Crippen molar-refractivity contribution in [3.63, 3.8) is 0 Å². The summed E-state index contributed by atoms with van der Waals surface area (Å²) >= 11 is 0. The fraction of sp³-hybridized carbons (Fsp3) is 0.900. The van der Waals surface area contributed by atoms with Crippen LogP contribution in [0.4, 0.5) is 0 Å². The highest BCUT2D eigenvalue weighted by Crippen LogP contribution is 2.18. The number of hydrogen-bond donors (Lipinski definition) is 0. The topological polar surface area (TPSA) is 84.9 Å². The molecule has 0 radical (unpaired) electrons. The number of esters is 1. The second-order valence-electron chi connectivity index (χ2n) is 6.73. The van der Waals surface area contributed by atoms with Gasteiger partial charge in [0.1, 0.15) is 0 Å². The van der Waals surface area contributed by atoms with Crippen LogP contribution in [0.1, 0.15) is 97.8 Å². The van der Waals surface area contributed by atoms with Gasteiger partial charge in [0.25, 0.3) is 0 Å². The number of carboxylic acids is 1. The van der Waals surface area contributed by atoms with E-state index in [2.05, 4.69) is 13.8 Å². The number of aliphatic carboxylic acids is 1. The monoisotopic (exact) mass is 373 g/mol. The molecule has 0 aromatic heterocycles. The molecular formula is C20H37O6-. The molecule has 0 amide bonds. The molecular weight excluding hydrogens is 336 g/mol. The van der Waals surface area contributed by atoms with Crippen molar-refractivity contribution < 1.29 is 28.9 Å². The Labute approximate surface area is 158 Å². The van der Waals surface area contributed by atoms with E-state index in [4.69, 9.17) is 14.2 Å². The number of ether oxygens (including phenoxy) is 3. The van der Waals surface area contributed by atoms with E-state index < -0.39 is 11.9 Å². The average molecular weight is 374 g/mol. The molecule has 0 saturated heterocycles. The third-order valence-electron chi connectivity index (χ3n) is 4.04. The van der Waals surface area contributed by atoms with E-state index in [1.807, 2.05) is 0 Å². The second kappa shape index (κ2) is 16.1. The molecule has 154 valence electrons. The van der Waals surface area contributed by atoms with Crippen LogP contribution in [-0.2, 0) is 23.8 Å². The Kier molecular flexibility index (Phi) is 15.4. The van der Waals surface area contributed by atoms with Gasteiger partial charge in [-0.25, -0.2) is 0 Å². The van der Waals surface area contributed by atoms with Gasteiger partial charge in [-0.2, -0.15) is 0 Å². The SMILES string of the molecule is CCCCOC(C)(OCCCC)OC(=O)CCCCCCCCC(=O)[O-]. The van der Waals surface area contributed by atoms with Crippen LogP contribution in [-0.4, -0.2) is 31.1 Å². The normalized spacial score (nSPS) is 11.5. The van der Waals surface area contributed by atoms with E-state index >= 15 is 0 Å². The molecule has 0 rings (SSSR count). The van der Waals surface area contributed by atoms with Crippen molar-refractivity contribution in [3.8, 4) is 0 Å². The maximum Gasteiger partial charge on any atom is 0.326 e. The Morgan fingerprint density at radius 1 is 0.769 bits per heavy atom. The highest BCUT2D eigenvalue weighted by molar-refractivity contribution is 5.69. The fourth-order valence-corrected chi connectivity index (χ4v) is 2.41. The molecule has 0 aromatic rings. The van der Waals surface area contributed by atoms with E-state index in [0.717, 1.165) is 57.8 Å². The summed E-state index contributed by atoms with van der Waals surface area (Å²) in [5, 5.41) is 10.3. The molecule has 0 bridgehead atoms. The molecule has 0 aliphatic carbocycles. The number of unbranched alkanes of at least 4 members (excludes halogenated alkanes) is 7. The van der Waals surface area contributed by atoms with E-state index in [1.54, 1.807) is 6.92 Å². The summed E-state index contributed by atoms with van der Waals surface area (Å²) in [4.78, 5) is 22.4. The van der Waals surface area contributed by atoms with Gasteiger partial charge >= 0.3 is 11.9 Å². The molecule has 26 heavy (non-hydrogen) atoms. The molecule has 0 aliphatic rings. The third kappa shape index (κ3) is 15.1. The standard InChI is InChI=1S/C20H38O6/c1-4-6-16-24-20(3,25-17-7-5-2)26-19(23)15-13-11-9-8-10-12-14-18(21)22/h4-17H2,1-3H3,(H,21,22)/p-1. The maximum atomic E-state index is 12.1. The van der Waals surface area contributed by atoms with Crippen LogP contribution in [0.25, 0.3) is 0 Å². The first-order valence-electron chi connectivity index (χ1n) is 10.1. The first-order chi connectivity index (χ1) is 12.4. The largest absolute Gasteiger partial charge is 0.550 e. The molecule has 0 fully saturated rings. The van der Waals surface area contributed by atoms with E-state index in [-0.39, 0.29) is 12.4 Å². The predicted molar refractivity (Wildman–Crippen MR) is 98.2 cm³/mol. The summed E-state index contributed by atoms with van der Waals surface area (Å²) in [6, 6.07) is 0. The number of carbonyl (C=O) groups excluding carboxylic acids is 2. The minimum atomic E-state index is -1.30. The van der Waals surface area contributed by atoms with Gasteiger partial charge in [0.2, 0.25) is 0 Å². The van der Waals surface area contributed by atoms with Crippen LogP contribution in [0.5, 0.6) is 0 Å². The van der Waals surface area contributed by atoms with Gasteiger partial charge in [0.15, 0.2) is 0 Å². The quantitative estimate of drug-likeness (QED) is 0.207. The molecule has 0 heterocycles. The van der Waals surface area contributed by atoms with Crippen LogP contribution < -0.4 is 5.11 Å². The van der Waals surface area contributed by atoms with E-state index in [9.17, 15) is 14.7 Å². The highest BCUT2D eigenvalue weighted by Gasteiger charge is 2.30. The smallest absolute Gasteiger partial charge is 0.326 e. The lowest BCUT2D eigenvalue weighted by Crippen LogP contribution is -2.38. The highest BCUT2D eigenvalue weighted by atomic mass is 16.9. The van der Waals surface area contributed by atoms with E-state index in [1.165, 1.54) is 0 Å². The molecule has 0 aliphatic heterocycles. The van der Waals surface area contributed by atoms with Crippen LogP contribution in [0.2, 0.25) is 0 Å². The first kappa shape index (κ1) is 24.9. The summed E-state index contributed by atoms with van der Waals surface area (Å²) in [6.07, 6.45) is 9.42. The minimum absolute atomic E-state index is 0.126. The lowest BCUT2D eigenvalue weighted by molar-refractivity contribution is -0.352. The van der Waals surface area contributed by atoms with Crippen molar-refractivity contribution in [1.29, 1.82) is 0 Å². The zero-order chi connectivity index (χ0) is 19.7. The molecule has 0 N–H and O–H groups in total. The van der Waals surface area contributed by atoms with Gasteiger partial charge in [-0.1, -0.05) is 52.4 Å². The van der Waals surface area contributed by atoms with Crippen molar-refractivity contribution >= 4 is 11.9 Å². The summed E-state index contributed by atoms with van der Waals surface area (Å²) in [7, 11) is 0. The van der Waals surface area contributed by atoms with Crippen LogP contribution in [0, 0.1) is 0 Å². The fourth-order valence-electron chi connectivity index (χ4n) is 2.41. The Balaban J connectivity index is 3.97. The lowest BCUT2D eigenvalue weighted by Gasteiger charge is -2.29. The molecule has 0 spiro atoms. The van der Waals surface area contributed by atoms with Gasteiger partial charge in [-0.3, -0.25) is 4.79 Å².